The van der Waals surface area contributed by atoms with Crippen LogP contribution < -0.4 is 0 Å². The highest BCUT2D eigenvalue weighted by atomic mass is 32.1. The van der Waals surface area contributed by atoms with Crippen molar-refractivity contribution in [2.75, 3.05) is 0 Å². The zero-order valence-electron chi connectivity index (χ0n) is 30.7. The number of fused-ring (bicyclic) bond motifs is 9. The van der Waals surface area contributed by atoms with Gasteiger partial charge in [-0.3, -0.25) is 4.57 Å². The van der Waals surface area contributed by atoms with Gasteiger partial charge in [-0.1, -0.05) is 133 Å². The molecule has 0 bridgehead atoms. The van der Waals surface area contributed by atoms with E-state index in [9.17, 15) is 5.26 Å². The number of thiophene rings is 2. The lowest BCUT2D eigenvalue weighted by atomic mass is 9.92. The molecule has 0 aliphatic heterocycles. The molecular formula is C51H28N4OS2. The van der Waals surface area contributed by atoms with Gasteiger partial charge >= 0.3 is 0 Å². The highest BCUT2D eigenvalue weighted by molar-refractivity contribution is 7.27. The number of nitrogens with zero attached hydrogens (tertiary/aromatic N) is 4. The lowest BCUT2D eigenvalue weighted by Gasteiger charge is -2.12. The topological polar surface area (TPSA) is 67.6 Å². The number of benzene rings is 7. The van der Waals surface area contributed by atoms with Crippen LogP contribution in [0.5, 0.6) is 0 Å². The van der Waals surface area contributed by atoms with E-state index < -0.39 is 0 Å². The maximum Gasteiger partial charge on any atom is 0.235 e. The van der Waals surface area contributed by atoms with E-state index in [1.165, 1.54) is 4.88 Å². The van der Waals surface area contributed by atoms with Crippen molar-refractivity contribution >= 4 is 86.7 Å². The molecule has 0 saturated heterocycles. The van der Waals surface area contributed by atoms with Gasteiger partial charge < -0.3 is 4.42 Å². The van der Waals surface area contributed by atoms with Gasteiger partial charge in [0.05, 0.1) is 37.8 Å². The summed E-state index contributed by atoms with van der Waals surface area (Å²) < 4.78 is 10.5. The molecule has 58 heavy (non-hydrogen) atoms. The Morgan fingerprint density at radius 2 is 1.17 bits per heavy atom. The lowest BCUT2D eigenvalue weighted by Crippen LogP contribution is -2.02. The molecule has 0 amide bonds. The minimum atomic E-state index is 0.545. The smallest absolute Gasteiger partial charge is 0.235 e. The molecule has 0 N–H and O–H groups in total. The van der Waals surface area contributed by atoms with Crippen molar-refractivity contribution in [2.45, 2.75) is 0 Å². The average Bonchev–Trinajstić information content (AvgIpc) is 4.05. The van der Waals surface area contributed by atoms with Crippen molar-refractivity contribution in [3.8, 4) is 55.3 Å². The molecule has 0 unspecified atom stereocenters. The Balaban J connectivity index is 1.26. The number of hydrogen-bond donors (Lipinski definition) is 0. The summed E-state index contributed by atoms with van der Waals surface area (Å²) in [4.78, 5) is 13.4. The normalized spacial score (nSPS) is 11.8. The molecule has 12 aromatic rings. The summed E-state index contributed by atoms with van der Waals surface area (Å²) in [6.07, 6.45) is 0. The lowest BCUT2D eigenvalue weighted by molar-refractivity contribution is 0.669. The van der Waals surface area contributed by atoms with E-state index in [2.05, 4.69) is 150 Å². The quantitative estimate of drug-likeness (QED) is 0.175. The Morgan fingerprint density at radius 1 is 0.517 bits per heavy atom. The SMILES string of the molecule is N#Cc1cccc2sc3c(-c4sc(-c5ccccc5)c(-c5ccccc5)c4-c4ccccc4)nc(-n4c5ccccc5c5cc6oc7ccccc7c6cc54)nc3c12. The van der Waals surface area contributed by atoms with Crippen molar-refractivity contribution < 1.29 is 4.42 Å². The Hall–Kier alpha value is -7.37. The van der Waals surface area contributed by atoms with Crippen LogP contribution in [-0.2, 0) is 0 Å². The largest absolute Gasteiger partial charge is 0.456 e. The molecule has 0 fully saturated rings. The molecule has 0 atom stereocenters. The number of nitriles is 1. The van der Waals surface area contributed by atoms with Gasteiger partial charge in [0.2, 0.25) is 5.95 Å². The number of aromatic nitrogens is 3. The predicted octanol–water partition coefficient (Wildman–Crippen LogP) is 14.4. The fourth-order valence-electron chi connectivity index (χ4n) is 8.58. The third-order valence-corrected chi connectivity index (χ3v) is 13.5. The van der Waals surface area contributed by atoms with Crippen LogP contribution in [0.4, 0.5) is 0 Å². The van der Waals surface area contributed by atoms with Crippen molar-refractivity contribution in [1.29, 1.82) is 5.26 Å². The Bertz CT molecular complexity index is 3630. The summed E-state index contributed by atoms with van der Waals surface area (Å²) in [5.41, 5.74) is 11.5. The zero-order chi connectivity index (χ0) is 38.3. The molecule has 0 saturated carbocycles. The van der Waals surface area contributed by atoms with Crippen LogP contribution in [-0.4, -0.2) is 14.5 Å². The van der Waals surface area contributed by atoms with E-state index in [4.69, 9.17) is 14.4 Å². The molecule has 12 rings (SSSR count). The predicted molar refractivity (Wildman–Crippen MR) is 241 cm³/mol. The van der Waals surface area contributed by atoms with Gasteiger partial charge in [0.1, 0.15) is 16.9 Å². The minimum absolute atomic E-state index is 0.545. The molecule has 0 aliphatic rings. The van der Waals surface area contributed by atoms with Crippen LogP contribution in [0, 0.1) is 11.3 Å². The van der Waals surface area contributed by atoms with E-state index in [1.54, 1.807) is 22.7 Å². The van der Waals surface area contributed by atoms with Crippen LogP contribution in [0.3, 0.4) is 0 Å². The number of furan rings is 1. The maximum absolute atomic E-state index is 10.5. The van der Waals surface area contributed by atoms with E-state index >= 15 is 0 Å². The van der Waals surface area contributed by atoms with Gasteiger partial charge in [-0.25, -0.2) is 9.97 Å². The van der Waals surface area contributed by atoms with E-state index in [-0.39, 0.29) is 0 Å². The van der Waals surface area contributed by atoms with Crippen LogP contribution in [0.25, 0.3) is 113 Å². The molecule has 0 aliphatic carbocycles. The molecule has 5 heterocycles. The average molecular weight is 777 g/mol. The highest BCUT2D eigenvalue weighted by Crippen LogP contribution is 2.54. The first-order valence-electron chi connectivity index (χ1n) is 19.0. The van der Waals surface area contributed by atoms with Gasteiger partial charge in [-0.2, -0.15) is 5.26 Å². The number of para-hydroxylation sites is 2. The van der Waals surface area contributed by atoms with Crippen LogP contribution in [0.2, 0.25) is 0 Å². The standard InChI is InChI=1S/C51H28N4OS2/c52-29-33-21-14-26-42-43(33)46-50(57-42)47(49-45(31-17-6-2-7-18-31)44(30-15-4-1-5-16-30)48(58-49)32-19-8-3-9-20-32)54-51(53-46)55-38-24-12-10-22-34(38)36-28-41-37(27-39(36)55)35-23-11-13-25-40(35)56-41/h1-28H. The summed E-state index contributed by atoms with van der Waals surface area (Å²) in [5, 5.41) is 15.6. The molecule has 5 aromatic heterocycles. The Kier molecular flexibility index (Phi) is 7.27. The first kappa shape index (κ1) is 32.8. The maximum atomic E-state index is 10.5. The first-order chi connectivity index (χ1) is 28.7. The van der Waals surface area contributed by atoms with Crippen molar-refractivity contribution in [3.05, 3.63) is 175 Å². The first-order valence-corrected chi connectivity index (χ1v) is 20.7. The second-order valence-corrected chi connectivity index (χ2v) is 16.4. The summed E-state index contributed by atoms with van der Waals surface area (Å²) in [7, 11) is 0. The third-order valence-electron chi connectivity index (χ3n) is 11.1. The van der Waals surface area contributed by atoms with Crippen LogP contribution >= 0.6 is 22.7 Å². The summed E-state index contributed by atoms with van der Waals surface area (Å²) in [6.45, 7) is 0. The van der Waals surface area contributed by atoms with Crippen molar-refractivity contribution in [2.24, 2.45) is 0 Å². The van der Waals surface area contributed by atoms with Gasteiger partial charge in [0.15, 0.2) is 0 Å². The second-order valence-electron chi connectivity index (χ2n) is 14.4. The molecule has 7 aromatic carbocycles. The Morgan fingerprint density at radius 3 is 1.91 bits per heavy atom. The van der Waals surface area contributed by atoms with Gasteiger partial charge in [0.25, 0.3) is 0 Å². The second kappa shape index (κ2) is 12.8. The van der Waals surface area contributed by atoms with Gasteiger partial charge in [-0.05, 0) is 53.1 Å². The zero-order valence-corrected chi connectivity index (χ0v) is 32.3. The molecule has 7 heteroatoms. The summed E-state index contributed by atoms with van der Waals surface area (Å²) in [6, 6.07) is 61.4. The van der Waals surface area contributed by atoms with E-state index in [0.29, 0.717) is 11.5 Å². The molecule has 0 spiro atoms. The van der Waals surface area contributed by atoms with Gasteiger partial charge in [-0.15, -0.1) is 22.7 Å². The Labute approximate surface area is 339 Å². The minimum Gasteiger partial charge on any atom is -0.456 e. The van der Waals surface area contributed by atoms with Crippen LogP contribution in [0.1, 0.15) is 5.56 Å². The highest BCUT2D eigenvalue weighted by Gasteiger charge is 2.28. The van der Waals surface area contributed by atoms with E-state index in [0.717, 1.165) is 102 Å². The summed E-state index contributed by atoms with van der Waals surface area (Å²) >= 11 is 3.41. The third kappa shape index (κ3) is 4.86. The molecular weight excluding hydrogens is 749 g/mol. The summed E-state index contributed by atoms with van der Waals surface area (Å²) in [5.74, 6) is 0.545. The fraction of sp³-hybridized carbons (Fsp3) is 0. The number of rotatable bonds is 5. The molecule has 5 nitrogen and oxygen atoms in total. The molecule has 0 radical (unpaired) electrons. The molecule has 270 valence electrons. The van der Waals surface area contributed by atoms with E-state index in [1.807, 2.05) is 30.3 Å². The number of hydrogen-bond acceptors (Lipinski definition) is 6. The fourth-order valence-corrected chi connectivity index (χ4v) is 11.2. The van der Waals surface area contributed by atoms with Crippen molar-refractivity contribution in [1.82, 2.24) is 14.5 Å². The van der Waals surface area contributed by atoms with Crippen molar-refractivity contribution in [3.63, 3.8) is 0 Å². The van der Waals surface area contributed by atoms with Gasteiger partial charge in [0, 0.05) is 47.6 Å². The monoisotopic (exact) mass is 776 g/mol. The van der Waals surface area contributed by atoms with Crippen LogP contribution in [0.15, 0.2) is 174 Å².